The lowest BCUT2D eigenvalue weighted by Crippen LogP contribution is -2.14. The van der Waals surface area contributed by atoms with Gasteiger partial charge in [-0.05, 0) is 35.9 Å². The van der Waals surface area contributed by atoms with Crippen molar-refractivity contribution in [2.75, 3.05) is 12.4 Å². The number of esters is 1. The second kappa shape index (κ2) is 10.5. The zero-order valence-electron chi connectivity index (χ0n) is 17.9. The zero-order chi connectivity index (χ0) is 24.1. The monoisotopic (exact) mass is 543 g/mol. The van der Waals surface area contributed by atoms with E-state index >= 15 is 0 Å². The highest BCUT2D eigenvalue weighted by Gasteiger charge is 2.14. The third kappa shape index (κ3) is 5.64. The lowest BCUT2D eigenvalue weighted by atomic mass is 10.1. The lowest BCUT2D eigenvalue weighted by Gasteiger charge is -2.08. The highest BCUT2D eigenvalue weighted by molar-refractivity contribution is 9.10. The summed E-state index contributed by atoms with van der Waals surface area (Å²) in [6.07, 6.45) is 4.82. The van der Waals surface area contributed by atoms with Gasteiger partial charge in [0.1, 0.15) is 5.75 Å². The predicted octanol–water partition coefficient (Wildman–Crippen LogP) is 4.62. The smallest absolute Gasteiger partial charge is 0.338 e. The number of halogens is 2. The maximum Gasteiger partial charge on any atom is 0.338 e. The van der Waals surface area contributed by atoms with Gasteiger partial charge in [0.15, 0.2) is 12.4 Å². The summed E-state index contributed by atoms with van der Waals surface area (Å²) in [5.41, 5.74) is 1.92. The number of rotatable bonds is 8. The van der Waals surface area contributed by atoms with E-state index in [0.29, 0.717) is 28.6 Å². The molecule has 4 rings (SSSR count). The number of methoxy groups -OCH3 is 1. The van der Waals surface area contributed by atoms with Gasteiger partial charge in [0.2, 0.25) is 0 Å². The molecule has 34 heavy (non-hydrogen) atoms. The summed E-state index contributed by atoms with van der Waals surface area (Å²) in [7, 11) is 1.34. The van der Waals surface area contributed by atoms with E-state index in [0.717, 1.165) is 10.0 Å². The zero-order valence-corrected chi connectivity index (χ0v) is 20.3. The fourth-order valence-corrected chi connectivity index (χ4v) is 3.86. The number of hydrogen-bond acceptors (Lipinski definition) is 6. The van der Waals surface area contributed by atoms with E-state index in [1.807, 2.05) is 18.2 Å². The van der Waals surface area contributed by atoms with Gasteiger partial charge in [0.25, 0.3) is 5.91 Å². The highest BCUT2D eigenvalue weighted by atomic mass is 79.9. The van der Waals surface area contributed by atoms with E-state index < -0.39 is 11.9 Å². The highest BCUT2D eigenvalue weighted by Crippen LogP contribution is 2.27. The molecule has 2 heterocycles. The number of amides is 1. The van der Waals surface area contributed by atoms with Crippen molar-refractivity contribution in [1.29, 1.82) is 0 Å². The first kappa shape index (κ1) is 23.5. The third-order valence-corrected chi connectivity index (χ3v) is 5.55. The lowest BCUT2D eigenvalue weighted by molar-refractivity contribution is 0.0599. The quantitative estimate of drug-likeness (QED) is 0.325. The number of nitrogens with zero attached hydrogens (tertiary/aromatic N) is 4. The van der Waals surface area contributed by atoms with Crippen molar-refractivity contribution < 1.29 is 19.1 Å². The Morgan fingerprint density at radius 3 is 2.76 bits per heavy atom. The summed E-state index contributed by atoms with van der Waals surface area (Å²) in [6, 6.07) is 14.0. The molecule has 11 heteroatoms. The molecule has 0 saturated heterocycles. The number of nitrogens with one attached hydrogen (secondary N) is 1. The van der Waals surface area contributed by atoms with Crippen LogP contribution in [0, 0.1) is 0 Å². The summed E-state index contributed by atoms with van der Waals surface area (Å²) in [5.74, 6) is -0.305. The SMILES string of the molecule is COC(=O)c1ccccc1Cn1cc(NC(=O)c2ccn(COc3ccc(Br)cc3Cl)n2)cn1. The maximum absolute atomic E-state index is 12.6. The number of carbonyl (C=O) groups excluding carboxylic acids is 2. The van der Waals surface area contributed by atoms with E-state index in [-0.39, 0.29) is 12.4 Å². The molecule has 1 amide bonds. The van der Waals surface area contributed by atoms with Crippen molar-refractivity contribution in [2.24, 2.45) is 0 Å². The van der Waals surface area contributed by atoms with Crippen molar-refractivity contribution in [3.63, 3.8) is 0 Å². The molecule has 1 N–H and O–H groups in total. The number of ether oxygens (including phenoxy) is 2. The number of aromatic nitrogens is 4. The Bertz CT molecular complexity index is 1340. The predicted molar refractivity (Wildman–Crippen MR) is 129 cm³/mol. The molecule has 0 bridgehead atoms. The molecule has 0 atom stereocenters. The van der Waals surface area contributed by atoms with Crippen LogP contribution in [0.1, 0.15) is 26.4 Å². The average molecular weight is 545 g/mol. The second-order valence-electron chi connectivity index (χ2n) is 7.12. The van der Waals surface area contributed by atoms with E-state index in [1.165, 1.54) is 18.0 Å². The van der Waals surface area contributed by atoms with Gasteiger partial charge in [-0.1, -0.05) is 45.7 Å². The van der Waals surface area contributed by atoms with Gasteiger partial charge in [-0.3, -0.25) is 9.48 Å². The van der Waals surface area contributed by atoms with Crippen LogP contribution in [0.3, 0.4) is 0 Å². The first-order chi connectivity index (χ1) is 16.4. The van der Waals surface area contributed by atoms with Gasteiger partial charge in [0, 0.05) is 16.9 Å². The molecule has 0 aliphatic rings. The molecule has 4 aromatic rings. The van der Waals surface area contributed by atoms with Gasteiger partial charge in [0.05, 0.1) is 36.1 Å². The summed E-state index contributed by atoms with van der Waals surface area (Å²) in [6.45, 7) is 0.428. The topological polar surface area (TPSA) is 100 Å². The fraction of sp³-hybridized carbons (Fsp3) is 0.130. The Morgan fingerprint density at radius 1 is 1.15 bits per heavy atom. The van der Waals surface area contributed by atoms with Crippen LogP contribution in [-0.2, 0) is 18.0 Å². The molecular formula is C23H19BrClN5O4. The summed E-state index contributed by atoms with van der Waals surface area (Å²) >= 11 is 9.49. The number of hydrogen-bond donors (Lipinski definition) is 1. The molecule has 0 unspecified atom stereocenters. The normalized spacial score (nSPS) is 10.7. The minimum absolute atomic E-state index is 0.0895. The van der Waals surface area contributed by atoms with Crippen LogP contribution >= 0.6 is 27.5 Å². The third-order valence-electron chi connectivity index (χ3n) is 4.77. The molecule has 0 aliphatic carbocycles. The summed E-state index contributed by atoms with van der Waals surface area (Å²) in [4.78, 5) is 24.5. The number of anilines is 1. The molecule has 9 nitrogen and oxygen atoms in total. The Hall–Kier alpha value is -3.63. The van der Waals surface area contributed by atoms with Crippen molar-refractivity contribution in [2.45, 2.75) is 13.3 Å². The largest absolute Gasteiger partial charge is 0.470 e. The molecule has 2 aromatic carbocycles. The molecular weight excluding hydrogens is 526 g/mol. The molecule has 0 spiro atoms. The Kier molecular flexibility index (Phi) is 7.29. The van der Waals surface area contributed by atoms with Crippen molar-refractivity contribution in [3.8, 4) is 5.75 Å². The molecule has 0 saturated carbocycles. The molecule has 0 fully saturated rings. The van der Waals surface area contributed by atoms with Crippen LogP contribution in [0.2, 0.25) is 5.02 Å². The van der Waals surface area contributed by atoms with E-state index in [1.54, 1.807) is 47.4 Å². The Labute approximate surface area is 208 Å². The minimum atomic E-state index is -0.418. The number of benzene rings is 2. The standard InChI is InChI=1S/C23H19BrClN5O4/c1-33-23(32)18-5-3-2-4-15(18)12-30-13-17(11-26-30)27-22(31)20-8-9-29(28-20)14-34-21-7-6-16(24)10-19(21)25/h2-11,13H,12,14H2,1H3,(H,27,31). The van der Waals surface area contributed by atoms with Crippen molar-refractivity contribution in [1.82, 2.24) is 19.6 Å². The first-order valence-electron chi connectivity index (χ1n) is 10.0. The van der Waals surface area contributed by atoms with Crippen LogP contribution in [0.5, 0.6) is 5.75 Å². The van der Waals surface area contributed by atoms with Crippen molar-refractivity contribution in [3.05, 3.63) is 93.4 Å². The molecule has 2 aromatic heterocycles. The van der Waals surface area contributed by atoms with Gasteiger partial charge in [-0.2, -0.15) is 10.2 Å². The van der Waals surface area contributed by atoms with Gasteiger partial charge < -0.3 is 14.8 Å². The number of carbonyl (C=O) groups is 2. The van der Waals surface area contributed by atoms with Gasteiger partial charge in [-0.15, -0.1) is 0 Å². The van der Waals surface area contributed by atoms with E-state index in [4.69, 9.17) is 21.1 Å². The average Bonchev–Trinajstić information content (AvgIpc) is 3.48. The molecule has 174 valence electrons. The summed E-state index contributed by atoms with van der Waals surface area (Å²) in [5, 5.41) is 11.7. The van der Waals surface area contributed by atoms with Crippen LogP contribution in [0.15, 0.2) is 71.6 Å². The van der Waals surface area contributed by atoms with Gasteiger partial charge in [-0.25, -0.2) is 9.48 Å². The second-order valence-corrected chi connectivity index (χ2v) is 8.44. The van der Waals surface area contributed by atoms with Crippen LogP contribution in [-0.4, -0.2) is 38.5 Å². The van der Waals surface area contributed by atoms with E-state index in [2.05, 4.69) is 31.4 Å². The Morgan fingerprint density at radius 2 is 1.97 bits per heavy atom. The molecule has 0 radical (unpaired) electrons. The minimum Gasteiger partial charge on any atom is -0.470 e. The van der Waals surface area contributed by atoms with Crippen molar-refractivity contribution >= 4 is 45.1 Å². The summed E-state index contributed by atoms with van der Waals surface area (Å²) < 4.78 is 14.4. The van der Waals surface area contributed by atoms with E-state index in [9.17, 15) is 9.59 Å². The maximum atomic E-state index is 12.6. The Balaban J connectivity index is 1.36. The van der Waals surface area contributed by atoms with Crippen LogP contribution in [0.25, 0.3) is 0 Å². The first-order valence-corrected chi connectivity index (χ1v) is 11.2. The van der Waals surface area contributed by atoms with Crippen LogP contribution < -0.4 is 10.1 Å². The fourth-order valence-electron chi connectivity index (χ4n) is 3.13. The van der Waals surface area contributed by atoms with Crippen LogP contribution in [0.4, 0.5) is 5.69 Å². The van der Waals surface area contributed by atoms with Gasteiger partial charge >= 0.3 is 5.97 Å². The molecule has 0 aliphatic heterocycles.